The van der Waals surface area contributed by atoms with Crippen LogP contribution in [0, 0.1) is 29.0 Å². The summed E-state index contributed by atoms with van der Waals surface area (Å²) in [5.74, 6) is -5.00. The molecule has 0 spiro atoms. The topological polar surface area (TPSA) is 126 Å². The van der Waals surface area contributed by atoms with Gasteiger partial charge in [-0.15, -0.1) is 0 Å². The van der Waals surface area contributed by atoms with Crippen molar-refractivity contribution in [2.24, 2.45) is 11.8 Å². The SMILES string of the molecule is C[C@@H]1C(S(=O)(=O)c2ccc(F)cc2)[C@H](C(=O)NCc2cc(-c3cnc(C(F)(F)F)nc3)c(C#N)cn2)C[C@H]1F. The Balaban J connectivity index is 1.55. The molecular weight excluding hydrogens is 545 g/mol. The largest absolute Gasteiger partial charge is 0.451 e. The summed E-state index contributed by atoms with van der Waals surface area (Å²) < 4.78 is 92.9. The number of pyridine rings is 1. The number of nitrogens with zero attached hydrogens (tertiary/aromatic N) is 4. The van der Waals surface area contributed by atoms with Crippen LogP contribution in [0.15, 0.2) is 53.8 Å². The van der Waals surface area contributed by atoms with E-state index in [2.05, 4.69) is 20.3 Å². The van der Waals surface area contributed by atoms with E-state index in [0.29, 0.717) is 0 Å². The molecule has 1 unspecified atom stereocenters. The molecule has 4 atom stereocenters. The summed E-state index contributed by atoms with van der Waals surface area (Å²) in [4.78, 5) is 23.4. The van der Waals surface area contributed by atoms with Gasteiger partial charge in [0, 0.05) is 35.6 Å². The van der Waals surface area contributed by atoms with Crippen molar-refractivity contribution in [1.82, 2.24) is 20.3 Å². The van der Waals surface area contributed by atoms with E-state index in [0.717, 1.165) is 42.9 Å². The van der Waals surface area contributed by atoms with Crippen LogP contribution in [0.4, 0.5) is 22.0 Å². The lowest BCUT2D eigenvalue weighted by atomic mass is 10.0. The van der Waals surface area contributed by atoms with Crippen molar-refractivity contribution in [2.75, 3.05) is 0 Å². The minimum atomic E-state index is -4.75. The summed E-state index contributed by atoms with van der Waals surface area (Å²) in [6.45, 7) is 1.15. The number of sulfone groups is 1. The number of aromatic nitrogens is 3. The first-order valence-electron chi connectivity index (χ1n) is 11.5. The highest BCUT2D eigenvalue weighted by Gasteiger charge is 2.51. The maximum atomic E-state index is 14.6. The van der Waals surface area contributed by atoms with Crippen molar-refractivity contribution >= 4 is 15.7 Å². The van der Waals surface area contributed by atoms with Gasteiger partial charge in [-0.25, -0.2) is 27.2 Å². The molecule has 1 fully saturated rings. The van der Waals surface area contributed by atoms with E-state index in [1.165, 1.54) is 13.0 Å². The Morgan fingerprint density at radius 1 is 1.13 bits per heavy atom. The fraction of sp³-hybridized carbons (Fsp3) is 0.320. The third-order valence-electron chi connectivity index (χ3n) is 6.54. The fourth-order valence-electron chi connectivity index (χ4n) is 4.55. The summed E-state index contributed by atoms with van der Waals surface area (Å²) in [6.07, 6.45) is -3.69. The number of hydrogen-bond donors (Lipinski definition) is 1. The highest BCUT2D eigenvalue weighted by atomic mass is 32.2. The van der Waals surface area contributed by atoms with E-state index in [4.69, 9.17) is 0 Å². The molecule has 0 bridgehead atoms. The summed E-state index contributed by atoms with van der Waals surface area (Å²) in [5, 5.41) is 10.5. The highest BCUT2D eigenvalue weighted by Crippen LogP contribution is 2.41. The highest BCUT2D eigenvalue weighted by molar-refractivity contribution is 7.92. The van der Waals surface area contributed by atoms with Gasteiger partial charge in [0.2, 0.25) is 11.7 Å². The molecular formula is C25H20F5N5O3S. The summed E-state index contributed by atoms with van der Waals surface area (Å²) >= 11 is 0. The molecule has 14 heteroatoms. The monoisotopic (exact) mass is 565 g/mol. The maximum Gasteiger partial charge on any atom is 0.451 e. The number of rotatable bonds is 6. The van der Waals surface area contributed by atoms with Gasteiger partial charge in [0.1, 0.15) is 18.1 Å². The van der Waals surface area contributed by atoms with Crippen LogP contribution < -0.4 is 5.32 Å². The molecule has 1 aliphatic rings. The minimum absolute atomic E-state index is 0.0174. The molecule has 1 aromatic carbocycles. The summed E-state index contributed by atoms with van der Waals surface area (Å²) in [6, 6.07) is 7.27. The van der Waals surface area contributed by atoms with Crippen molar-refractivity contribution in [3.8, 4) is 17.2 Å². The Morgan fingerprint density at radius 3 is 2.36 bits per heavy atom. The van der Waals surface area contributed by atoms with Gasteiger partial charge in [-0.1, -0.05) is 6.92 Å². The average Bonchev–Trinajstić information content (AvgIpc) is 3.21. The molecule has 2 aromatic heterocycles. The molecule has 0 saturated heterocycles. The second-order valence-corrected chi connectivity index (χ2v) is 11.1. The van der Waals surface area contributed by atoms with Crippen molar-refractivity contribution in [3.05, 3.63) is 71.8 Å². The van der Waals surface area contributed by atoms with Crippen LogP contribution in [-0.2, 0) is 27.4 Å². The Bertz CT molecular complexity index is 1520. The van der Waals surface area contributed by atoms with E-state index in [1.807, 2.05) is 6.07 Å². The smallest absolute Gasteiger partial charge is 0.350 e. The molecule has 4 rings (SSSR count). The Hall–Kier alpha value is -3.99. The molecule has 2 heterocycles. The first-order valence-corrected chi connectivity index (χ1v) is 13.1. The lowest BCUT2D eigenvalue weighted by molar-refractivity contribution is -0.145. The molecule has 39 heavy (non-hydrogen) atoms. The predicted octanol–water partition coefficient (Wildman–Crippen LogP) is 4.02. The number of carbonyl (C=O) groups is 1. The molecule has 1 aliphatic carbocycles. The zero-order valence-electron chi connectivity index (χ0n) is 20.2. The van der Waals surface area contributed by atoms with E-state index < -0.39 is 56.8 Å². The van der Waals surface area contributed by atoms with Gasteiger partial charge < -0.3 is 5.32 Å². The molecule has 3 aromatic rings. The van der Waals surface area contributed by atoms with Crippen molar-refractivity contribution in [1.29, 1.82) is 5.26 Å². The van der Waals surface area contributed by atoms with Crippen LogP contribution in [0.1, 0.15) is 30.4 Å². The Morgan fingerprint density at radius 2 is 1.77 bits per heavy atom. The number of nitrogens with one attached hydrogen (secondary N) is 1. The number of halogens is 5. The number of hydrogen-bond acceptors (Lipinski definition) is 7. The molecule has 8 nitrogen and oxygen atoms in total. The third kappa shape index (κ3) is 5.73. The molecule has 204 valence electrons. The summed E-state index contributed by atoms with van der Waals surface area (Å²) in [5.41, 5.74) is 0.479. The van der Waals surface area contributed by atoms with E-state index in [1.54, 1.807) is 0 Å². The van der Waals surface area contributed by atoms with Gasteiger partial charge >= 0.3 is 6.18 Å². The number of carbonyl (C=O) groups excluding carboxylic acids is 1. The number of amides is 1. The second kappa shape index (κ2) is 10.6. The predicted molar refractivity (Wildman–Crippen MR) is 126 cm³/mol. The van der Waals surface area contributed by atoms with Gasteiger partial charge in [0.05, 0.1) is 33.9 Å². The summed E-state index contributed by atoms with van der Waals surface area (Å²) in [7, 11) is -4.19. The number of benzene rings is 1. The number of alkyl halides is 4. The lowest BCUT2D eigenvalue weighted by Crippen LogP contribution is -2.40. The molecule has 0 aliphatic heterocycles. The minimum Gasteiger partial charge on any atom is -0.350 e. The Kier molecular flexibility index (Phi) is 7.65. The van der Waals surface area contributed by atoms with Crippen molar-refractivity contribution in [3.63, 3.8) is 0 Å². The molecule has 1 saturated carbocycles. The van der Waals surface area contributed by atoms with Crippen LogP contribution in [0.25, 0.3) is 11.1 Å². The lowest BCUT2D eigenvalue weighted by Gasteiger charge is -2.22. The van der Waals surface area contributed by atoms with Crippen LogP contribution in [0.3, 0.4) is 0 Å². The third-order valence-corrected chi connectivity index (χ3v) is 8.95. The molecule has 0 radical (unpaired) electrons. The van der Waals surface area contributed by atoms with Crippen LogP contribution in [0.2, 0.25) is 0 Å². The maximum absolute atomic E-state index is 14.6. The molecule has 1 N–H and O–H groups in total. The Labute approximate surface area is 219 Å². The van der Waals surface area contributed by atoms with E-state index >= 15 is 0 Å². The van der Waals surface area contributed by atoms with Gasteiger partial charge in [-0.3, -0.25) is 9.78 Å². The average molecular weight is 566 g/mol. The van der Waals surface area contributed by atoms with E-state index in [-0.39, 0.29) is 40.2 Å². The quantitative estimate of drug-likeness (QED) is 0.354. The van der Waals surface area contributed by atoms with Crippen LogP contribution >= 0.6 is 0 Å². The van der Waals surface area contributed by atoms with Gasteiger partial charge in [0.25, 0.3) is 0 Å². The van der Waals surface area contributed by atoms with Crippen molar-refractivity contribution in [2.45, 2.75) is 42.4 Å². The normalized spacial score (nSPS) is 21.4. The van der Waals surface area contributed by atoms with Crippen LogP contribution in [0.5, 0.6) is 0 Å². The fourth-order valence-corrected chi connectivity index (χ4v) is 6.78. The standard InChI is InChI=1S/C25H20F5N5O3S/c1-13-21(27)7-20(22(13)39(37,38)18-4-2-16(26)3-5-18)23(36)33-12-17-6-19(14(8-31)9-32-17)15-10-34-24(35-11-15)25(28,29)30/h2-6,9-11,13,20-22H,7,12H2,1H3,(H,33,36)/t13-,20+,21+,22?/m0/s1. The molecule has 1 amide bonds. The van der Waals surface area contributed by atoms with E-state index in [9.17, 15) is 40.4 Å². The van der Waals surface area contributed by atoms with Gasteiger partial charge in [-0.2, -0.15) is 18.4 Å². The van der Waals surface area contributed by atoms with Crippen LogP contribution in [-0.4, -0.2) is 40.7 Å². The first-order chi connectivity index (χ1) is 18.3. The van der Waals surface area contributed by atoms with Crippen molar-refractivity contribution < 1.29 is 35.2 Å². The first kappa shape index (κ1) is 28.0. The second-order valence-electron chi connectivity index (χ2n) is 9.02. The zero-order valence-corrected chi connectivity index (χ0v) is 21.0. The van der Waals surface area contributed by atoms with Gasteiger partial charge in [0.15, 0.2) is 9.84 Å². The zero-order chi connectivity index (χ0) is 28.5. The van der Waals surface area contributed by atoms with Gasteiger partial charge in [-0.05, 0) is 36.8 Å². The number of nitriles is 1.